The van der Waals surface area contributed by atoms with Crippen LogP contribution < -0.4 is 5.32 Å². The van der Waals surface area contributed by atoms with Crippen LogP contribution in [0.3, 0.4) is 0 Å². The zero-order valence-electron chi connectivity index (χ0n) is 14.2. The molecule has 1 fully saturated rings. The van der Waals surface area contributed by atoms with Gasteiger partial charge in [-0.05, 0) is 38.8 Å². The summed E-state index contributed by atoms with van der Waals surface area (Å²) in [5, 5.41) is 3.02. The number of likely N-dealkylation sites (tertiary alicyclic amines) is 1. The fraction of sp³-hybridized carbons (Fsp3) is 0.588. The number of carbonyl (C=O) groups is 1. The summed E-state index contributed by atoms with van der Waals surface area (Å²) in [6.07, 6.45) is -4.38. The molecule has 3 atom stereocenters. The van der Waals surface area contributed by atoms with E-state index in [2.05, 4.69) is 21.2 Å². The van der Waals surface area contributed by atoms with Gasteiger partial charge in [0.25, 0.3) is 0 Å². The molecule has 0 radical (unpaired) electrons. The highest BCUT2D eigenvalue weighted by atomic mass is 79.9. The van der Waals surface area contributed by atoms with E-state index in [1.54, 1.807) is 31.7 Å². The van der Waals surface area contributed by atoms with E-state index in [4.69, 9.17) is 4.74 Å². The largest absolute Gasteiger partial charge is 0.444 e. The summed E-state index contributed by atoms with van der Waals surface area (Å²) in [6.45, 7) is 5.64. The van der Waals surface area contributed by atoms with Gasteiger partial charge in [-0.15, -0.1) is 0 Å². The maximum absolute atomic E-state index is 13.3. The Morgan fingerprint density at radius 1 is 1.32 bits per heavy atom. The highest BCUT2D eigenvalue weighted by Crippen LogP contribution is 2.47. The second kappa shape index (κ2) is 6.07. The topological polar surface area (TPSA) is 41.6 Å². The van der Waals surface area contributed by atoms with Crippen molar-refractivity contribution in [1.29, 1.82) is 0 Å². The third-order valence-electron chi connectivity index (χ3n) is 4.43. The molecule has 0 aromatic heterocycles. The zero-order valence-corrected chi connectivity index (χ0v) is 15.7. The van der Waals surface area contributed by atoms with Crippen LogP contribution in [0.5, 0.6) is 0 Å². The number of ether oxygens (including phenoxy) is 1. The second-order valence-electron chi connectivity index (χ2n) is 7.43. The Morgan fingerprint density at radius 3 is 2.60 bits per heavy atom. The molecule has 0 saturated carbocycles. The van der Waals surface area contributed by atoms with E-state index >= 15 is 0 Å². The molecule has 0 aliphatic carbocycles. The minimum Gasteiger partial charge on any atom is -0.444 e. The van der Waals surface area contributed by atoms with Crippen molar-refractivity contribution in [2.24, 2.45) is 0 Å². The number of hydrogen-bond donors (Lipinski definition) is 1. The van der Waals surface area contributed by atoms with Gasteiger partial charge < -0.3 is 10.1 Å². The second-order valence-corrected chi connectivity index (χ2v) is 8.48. The number of para-hydroxylation sites is 1. The van der Waals surface area contributed by atoms with Crippen LogP contribution in [0.2, 0.25) is 0 Å². The monoisotopic (exact) mass is 420 g/mol. The van der Waals surface area contributed by atoms with Gasteiger partial charge in [0.05, 0.1) is 16.2 Å². The number of rotatable bonds is 0. The molecule has 1 amide bonds. The minimum atomic E-state index is -4.41. The van der Waals surface area contributed by atoms with Gasteiger partial charge in [0.1, 0.15) is 5.60 Å². The molecule has 1 aromatic carbocycles. The Labute approximate surface area is 152 Å². The van der Waals surface area contributed by atoms with Crippen molar-refractivity contribution < 1.29 is 22.7 Å². The van der Waals surface area contributed by atoms with E-state index < -0.39 is 23.4 Å². The van der Waals surface area contributed by atoms with Crippen LogP contribution in [-0.2, 0) is 10.9 Å². The molecule has 25 heavy (non-hydrogen) atoms. The molecule has 1 N–H and O–H groups in total. The van der Waals surface area contributed by atoms with Gasteiger partial charge in [-0.3, -0.25) is 4.90 Å². The van der Waals surface area contributed by atoms with Crippen molar-refractivity contribution >= 4 is 27.7 Å². The maximum atomic E-state index is 13.3. The van der Waals surface area contributed by atoms with Crippen molar-refractivity contribution in [2.45, 2.75) is 55.9 Å². The predicted octanol–water partition coefficient (Wildman–Crippen LogP) is 4.94. The van der Waals surface area contributed by atoms with Crippen molar-refractivity contribution in [3.05, 3.63) is 29.3 Å². The molecule has 3 unspecified atom stereocenters. The molecule has 1 aromatic rings. The Morgan fingerprint density at radius 2 is 2.00 bits per heavy atom. The van der Waals surface area contributed by atoms with Crippen LogP contribution in [0.25, 0.3) is 0 Å². The predicted molar refractivity (Wildman–Crippen MR) is 91.9 cm³/mol. The number of hydrogen-bond acceptors (Lipinski definition) is 3. The molecule has 0 bridgehead atoms. The molecule has 2 aliphatic heterocycles. The van der Waals surface area contributed by atoms with Gasteiger partial charge in [0, 0.05) is 18.5 Å². The number of carbonyl (C=O) groups excluding carboxylic acids is 1. The normalized spacial score (nSPS) is 25.9. The lowest BCUT2D eigenvalue weighted by Gasteiger charge is -2.39. The molecular weight excluding hydrogens is 401 g/mol. The lowest BCUT2D eigenvalue weighted by molar-refractivity contribution is -0.136. The number of amides is 1. The van der Waals surface area contributed by atoms with E-state index in [1.807, 2.05) is 0 Å². The Balaban J connectivity index is 1.88. The summed E-state index contributed by atoms with van der Waals surface area (Å²) in [6, 6.07) is 4.05. The first-order valence-corrected chi connectivity index (χ1v) is 8.99. The number of anilines is 1. The van der Waals surface area contributed by atoms with Crippen LogP contribution in [-0.4, -0.2) is 34.1 Å². The fourth-order valence-electron chi connectivity index (χ4n) is 3.40. The van der Waals surface area contributed by atoms with Crippen molar-refractivity contribution in [3.8, 4) is 0 Å². The van der Waals surface area contributed by atoms with E-state index in [9.17, 15) is 18.0 Å². The standard InChI is InChI=1S/C17H20BrF3N2O2/c1-16(2,3)25-15(24)23-8-10-9-5-4-6-11(17(19,20)21)14(9)22-12(10)7-13(23)18/h4-6,10,12-13,22H,7-8H2,1-3H3. The highest BCUT2D eigenvalue weighted by Gasteiger charge is 2.46. The van der Waals surface area contributed by atoms with E-state index in [0.717, 1.165) is 6.07 Å². The molecular formula is C17H20BrF3N2O2. The third kappa shape index (κ3) is 3.59. The number of nitrogens with one attached hydrogen (secondary N) is 1. The summed E-state index contributed by atoms with van der Waals surface area (Å²) >= 11 is 3.47. The smallest absolute Gasteiger partial charge is 0.418 e. The van der Waals surface area contributed by atoms with Crippen LogP contribution in [0, 0.1) is 0 Å². The Hall–Kier alpha value is -1.44. The van der Waals surface area contributed by atoms with Crippen molar-refractivity contribution in [2.75, 3.05) is 11.9 Å². The first-order chi connectivity index (χ1) is 11.5. The van der Waals surface area contributed by atoms with Gasteiger partial charge in [0.2, 0.25) is 0 Å². The highest BCUT2D eigenvalue weighted by molar-refractivity contribution is 9.09. The number of nitrogens with zero attached hydrogens (tertiary/aromatic N) is 1. The van der Waals surface area contributed by atoms with E-state index in [1.165, 1.54) is 6.07 Å². The van der Waals surface area contributed by atoms with E-state index in [0.29, 0.717) is 18.5 Å². The van der Waals surface area contributed by atoms with Crippen LogP contribution >= 0.6 is 15.9 Å². The van der Waals surface area contributed by atoms with Crippen LogP contribution in [0.1, 0.15) is 44.2 Å². The maximum Gasteiger partial charge on any atom is 0.418 e. The molecule has 2 heterocycles. The van der Waals surface area contributed by atoms with E-state index in [-0.39, 0.29) is 22.6 Å². The number of halogens is 4. The van der Waals surface area contributed by atoms with Crippen LogP contribution in [0.15, 0.2) is 18.2 Å². The lowest BCUT2D eigenvalue weighted by atomic mass is 9.89. The average Bonchev–Trinajstić information content (AvgIpc) is 2.80. The SMILES string of the molecule is CC(C)(C)OC(=O)N1CC2c3cccc(C(F)(F)F)c3NC2CC1Br. The average molecular weight is 421 g/mol. The molecule has 1 saturated heterocycles. The number of alkyl halides is 4. The van der Waals surface area contributed by atoms with Gasteiger partial charge >= 0.3 is 12.3 Å². The summed E-state index contributed by atoms with van der Waals surface area (Å²) in [4.78, 5) is 13.7. The third-order valence-corrected chi connectivity index (χ3v) is 5.29. The Bertz CT molecular complexity index is 687. The molecule has 8 heteroatoms. The molecule has 138 valence electrons. The molecule has 3 rings (SSSR count). The van der Waals surface area contributed by atoms with Gasteiger partial charge in [-0.2, -0.15) is 13.2 Å². The molecule has 0 spiro atoms. The summed E-state index contributed by atoms with van der Waals surface area (Å²) in [5.74, 6) is -0.196. The fourth-order valence-corrected chi connectivity index (χ4v) is 4.14. The minimum absolute atomic E-state index is 0.135. The van der Waals surface area contributed by atoms with Crippen molar-refractivity contribution in [3.63, 3.8) is 0 Å². The van der Waals surface area contributed by atoms with Gasteiger partial charge in [0.15, 0.2) is 0 Å². The van der Waals surface area contributed by atoms with Crippen molar-refractivity contribution in [1.82, 2.24) is 4.90 Å². The number of fused-ring (bicyclic) bond motifs is 3. The molecule has 2 aliphatic rings. The number of benzene rings is 1. The Kier molecular flexibility index (Phi) is 4.46. The quantitative estimate of drug-likeness (QED) is 0.477. The summed E-state index contributed by atoms with van der Waals surface area (Å²) < 4.78 is 45.2. The van der Waals surface area contributed by atoms with Gasteiger partial charge in [-0.25, -0.2) is 4.79 Å². The lowest BCUT2D eigenvalue weighted by Crippen LogP contribution is -2.50. The first-order valence-electron chi connectivity index (χ1n) is 8.08. The van der Waals surface area contributed by atoms with Crippen LogP contribution in [0.4, 0.5) is 23.7 Å². The number of piperidine rings is 1. The zero-order chi connectivity index (χ0) is 18.6. The summed E-state index contributed by atoms with van der Waals surface area (Å²) in [5.41, 5.74) is -0.548. The molecule has 4 nitrogen and oxygen atoms in total. The summed E-state index contributed by atoms with van der Waals surface area (Å²) in [7, 11) is 0. The first kappa shape index (κ1) is 18.4. The van der Waals surface area contributed by atoms with Gasteiger partial charge in [-0.1, -0.05) is 28.1 Å².